The average molecular weight is 556 g/mol. The van der Waals surface area contributed by atoms with Gasteiger partial charge in [0.15, 0.2) is 17.3 Å². The number of imidazole rings is 1. The minimum absolute atomic E-state index is 0.00405. The van der Waals surface area contributed by atoms with Crippen LogP contribution in [-0.4, -0.2) is 47.3 Å². The lowest BCUT2D eigenvalue weighted by Gasteiger charge is -2.16. The van der Waals surface area contributed by atoms with Crippen molar-refractivity contribution in [2.45, 2.75) is 33.4 Å². The lowest BCUT2D eigenvalue weighted by Crippen LogP contribution is -2.20. The first-order chi connectivity index (χ1) is 19.3. The molecular formula is C29H26FN7O2S. The van der Waals surface area contributed by atoms with Crippen molar-refractivity contribution in [1.29, 1.82) is 0 Å². The molecule has 0 radical (unpaired) electrons. The number of Topliss-reactive ketones (excluding diaryl/α,β-unsaturated/α-hetero) is 1. The van der Waals surface area contributed by atoms with Crippen molar-refractivity contribution in [2.75, 3.05) is 5.32 Å². The number of ketones is 1. The van der Waals surface area contributed by atoms with Gasteiger partial charge in [-0.05, 0) is 55.7 Å². The van der Waals surface area contributed by atoms with E-state index in [-0.39, 0.29) is 11.2 Å². The molecule has 1 aromatic carbocycles. The first-order valence-electron chi connectivity index (χ1n) is 12.8. The molecule has 0 aliphatic heterocycles. The maximum absolute atomic E-state index is 16.1. The number of benzene rings is 1. The summed E-state index contributed by atoms with van der Waals surface area (Å²) in [6, 6.07) is 10.7. The first kappa shape index (κ1) is 25.8. The Labute approximate surface area is 232 Å². The Bertz CT molecular complexity index is 1870. The number of aromatic amines is 2. The van der Waals surface area contributed by atoms with Crippen molar-refractivity contribution in [3.63, 3.8) is 0 Å². The zero-order valence-corrected chi connectivity index (χ0v) is 22.8. The molecule has 5 aromatic heterocycles. The number of anilines is 1. The van der Waals surface area contributed by atoms with Crippen LogP contribution in [0.3, 0.4) is 0 Å². The topological polar surface area (TPSA) is 132 Å². The number of halogens is 1. The van der Waals surface area contributed by atoms with Crippen LogP contribution in [0, 0.1) is 11.7 Å². The third kappa shape index (κ3) is 4.74. The molecule has 1 atom stereocenters. The van der Waals surface area contributed by atoms with E-state index in [1.807, 2.05) is 26.0 Å². The summed E-state index contributed by atoms with van der Waals surface area (Å²) in [6.45, 7) is 5.59. The molecule has 202 valence electrons. The van der Waals surface area contributed by atoms with E-state index in [2.05, 4.69) is 35.5 Å². The molecule has 0 fully saturated rings. The van der Waals surface area contributed by atoms with Crippen LogP contribution in [0.15, 0.2) is 55.0 Å². The summed E-state index contributed by atoms with van der Waals surface area (Å²) < 4.78 is 16.1. The predicted octanol–water partition coefficient (Wildman–Crippen LogP) is 6.41. The van der Waals surface area contributed by atoms with Gasteiger partial charge in [0.2, 0.25) is 0 Å². The highest BCUT2D eigenvalue weighted by molar-refractivity contribution is 7.17. The minimum atomic E-state index is -0.736. The van der Waals surface area contributed by atoms with Gasteiger partial charge in [-0.1, -0.05) is 13.8 Å². The van der Waals surface area contributed by atoms with Crippen LogP contribution in [0.25, 0.3) is 55.2 Å². The normalized spacial score (nSPS) is 12.4. The molecular weight excluding hydrogens is 529 g/mol. The largest absolute Gasteiger partial charge is 0.374 e. The molecule has 11 heteroatoms. The second-order valence-electron chi connectivity index (χ2n) is 10.0. The van der Waals surface area contributed by atoms with Gasteiger partial charge in [0.1, 0.15) is 17.7 Å². The molecule has 1 unspecified atom stereocenters. The summed E-state index contributed by atoms with van der Waals surface area (Å²) >= 11 is 1.39. The fraction of sp³-hybridized carbons (Fsp3) is 0.207. The standard InChI is InChI=1S/C29H26FN7O2S/c1-14(2)10-23(39)33-17-11-16(12-31-13-17)18-4-5-20-24(25(18)30)27(37-36-20)29-34-26-19(8-9-32-28(26)35-29)22-7-6-21(40-22)15(3)38/h4-9,11-14,23,33,39H,10H2,1-3H3,(H,36,37)(H,32,34,35). The van der Waals surface area contributed by atoms with Crippen molar-refractivity contribution >= 4 is 44.9 Å². The molecule has 6 aromatic rings. The number of nitrogens with zero attached hydrogens (tertiary/aromatic N) is 4. The quantitative estimate of drug-likeness (QED) is 0.126. The summed E-state index contributed by atoms with van der Waals surface area (Å²) in [4.78, 5) is 29.9. The number of H-pyrrole nitrogens is 2. The fourth-order valence-corrected chi connectivity index (χ4v) is 5.66. The minimum Gasteiger partial charge on any atom is -0.374 e. The van der Waals surface area contributed by atoms with Gasteiger partial charge in [-0.15, -0.1) is 11.3 Å². The molecule has 6 rings (SSSR count). The Morgan fingerprint density at radius 1 is 1.15 bits per heavy atom. The molecule has 0 amide bonds. The zero-order chi connectivity index (χ0) is 28.0. The number of nitrogens with one attached hydrogen (secondary N) is 3. The summed E-state index contributed by atoms with van der Waals surface area (Å²) in [5.41, 5.74) is 4.31. The SMILES string of the molecule is CC(=O)c1ccc(-c2ccnc3nc(-c4n[nH]c5ccc(-c6cncc(NC(O)CC(C)C)c6)c(F)c45)[nH]c23)s1. The molecule has 40 heavy (non-hydrogen) atoms. The number of thiophene rings is 1. The third-order valence-electron chi connectivity index (χ3n) is 6.58. The highest BCUT2D eigenvalue weighted by atomic mass is 32.1. The second kappa shape index (κ2) is 10.2. The smallest absolute Gasteiger partial charge is 0.178 e. The Morgan fingerprint density at radius 3 is 2.77 bits per heavy atom. The third-order valence-corrected chi connectivity index (χ3v) is 7.80. The molecule has 0 saturated heterocycles. The van der Waals surface area contributed by atoms with Crippen molar-refractivity contribution in [2.24, 2.45) is 5.92 Å². The molecule has 5 heterocycles. The van der Waals surface area contributed by atoms with E-state index in [9.17, 15) is 9.90 Å². The van der Waals surface area contributed by atoms with Crippen LogP contribution in [0.1, 0.15) is 36.9 Å². The van der Waals surface area contributed by atoms with E-state index in [1.165, 1.54) is 18.3 Å². The zero-order valence-electron chi connectivity index (χ0n) is 22.0. The van der Waals surface area contributed by atoms with Gasteiger partial charge in [0.25, 0.3) is 0 Å². The van der Waals surface area contributed by atoms with Crippen LogP contribution >= 0.6 is 11.3 Å². The molecule has 0 aliphatic rings. The number of aromatic nitrogens is 6. The van der Waals surface area contributed by atoms with Crippen LogP contribution in [0.4, 0.5) is 10.1 Å². The number of aliphatic hydroxyl groups is 1. The fourth-order valence-electron chi connectivity index (χ4n) is 4.73. The van der Waals surface area contributed by atoms with E-state index in [1.54, 1.807) is 42.9 Å². The maximum atomic E-state index is 16.1. The van der Waals surface area contributed by atoms with Crippen LogP contribution in [0.5, 0.6) is 0 Å². The number of hydrogen-bond acceptors (Lipinski definition) is 8. The Morgan fingerprint density at radius 2 is 2.00 bits per heavy atom. The van der Waals surface area contributed by atoms with Crippen LogP contribution in [0.2, 0.25) is 0 Å². The second-order valence-corrected chi connectivity index (χ2v) is 11.1. The molecule has 9 nitrogen and oxygen atoms in total. The van der Waals surface area contributed by atoms with Crippen molar-refractivity contribution in [1.82, 2.24) is 30.1 Å². The molecule has 0 spiro atoms. The Hall–Kier alpha value is -4.48. The van der Waals surface area contributed by atoms with Crippen LogP contribution < -0.4 is 5.32 Å². The number of rotatable bonds is 8. The molecule has 0 aliphatic carbocycles. The van der Waals surface area contributed by atoms with E-state index in [4.69, 9.17) is 0 Å². The van der Waals surface area contributed by atoms with Gasteiger partial charge >= 0.3 is 0 Å². The summed E-state index contributed by atoms with van der Waals surface area (Å²) in [6.07, 6.45) is 4.67. The lowest BCUT2D eigenvalue weighted by atomic mass is 10.0. The van der Waals surface area contributed by atoms with E-state index >= 15 is 4.39 Å². The predicted molar refractivity (Wildman–Crippen MR) is 155 cm³/mol. The van der Waals surface area contributed by atoms with E-state index in [0.717, 1.165) is 10.4 Å². The van der Waals surface area contributed by atoms with Crippen molar-refractivity contribution < 1.29 is 14.3 Å². The van der Waals surface area contributed by atoms with E-state index in [0.29, 0.717) is 62.2 Å². The van der Waals surface area contributed by atoms with Crippen molar-refractivity contribution in [3.8, 4) is 33.1 Å². The molecule has 0 bridgehead atoms. The maximum Gasteiger partial charge on any atom is 0.178 e. The summed E-state index contributed by atoms with van der Waals surface area (Å²) in [7, 11) is 0. The van der Waals surface area contributed by atoms with Gasteiger partial charge in [-0.2, -0.15) is 5.10 Å². The van der Waals surface area contributed by atoms with Crippen molar-refractivity contribution in [3.05, 3.63) is 65.7 Å². The van der Waals surface area contributed by atoms with Crippen LogP contribution in [-0.2, 0) is 0 Å². The van der Waals surface area contributed by atoms with Gasteiger partial charge in [-0.25, -0.2) is 14.4 Å². The monoisotopic (exact) mass is 555 g/mol. The highest BCUT2D eigenvalue weighted by Crippen LogP contribution is 2.37. The summed E-state index contributed by atoms with van der Waals surface area (Å²) in [5.74, 6) is 0.210. The molecule has 4 N–H and O–H groups in total. The van der Waals surface area contributed by atoms with Gasteiger partial charge in [0.05, 0.1) is 33.2 Å². The number of carbonyl (C=O) groups excluding carboxylic acids is 1. The number of aliphatic hydroxyl groups excluding tert-OH is 1. The number of carbonyl (C=O) groups is 1. The first-order valence-corrected chi connectivity index (χ1v) is 13.6. The number of hydrogen-bond donors (Lipinski definition) is 4. The number of pyridine rings is 2. The van der Waals surface area contributed by atoms with Gasteiger partial charge in [-0.3, -0.25) is 14.9 Å². The van der Waals surface area contributed by atoms with Gasteiger partial charge < -0.3 is 15.4 Å². The molecule has 0 saturated carbocycles. The summed E-state index contributed by atoms with van der Waals surface area (Å²) in [5, 5.41) is 20.9. The number of fused-ring (bicyclic) bond motifs is 2. The Balaban J connectivity index is 1.40. The van der Waals surface area contributed by atoms with Gasteiger partial charge in [0, 0.05) is 34.0 Å². The lowest BCUT2D eigenvalue weighted by molar-refractivity contribution is 0.102. The average Bonchev–Trinajstić information content (AvgIpc) is 3.66. The van der Waals surface area contributed by atoms with E-state index < -0.39 is 12.0 Å². The Kier molecular flexibility index (Phi) is 6.60. The highest BCUT2D eigenvalue weighted by Gasteiger charge is 2.21.